The van der Waals surface area contributed by atoms with E-state index in [1.807, 2.05) is 12.5 Å². The van der Waals surface area contributed by atoms with Gasteiger partial charge in [0.15, 0.2) is 0 Å². The Labute approximate surface area is 386 Å². The molecular formula is C58H56Cl2O2SiZr. The van der Waals surface area contributed by atoms with Crippen LogP contribution in [0, 0.1) is 13.8 Å². The average Bonchev–Trinajstić information content (AvgIpc) is 4.11. The molecule has 2 aliphatic rings. The Morgan fingerprint density at radius 2 is 0.891 bits per heavy atom. The summed E-state index contributed by atoms with van der Waals surface area (Å²) in [5, 5.41) is 4.30. The first-order chi connectivity index (χ1) is 30.9. The molecule has 2 nitrogen and oxygen atoms in total. The topological polar surface area (TPSA) is 26.3 Å². The van der Waals surface area contributed by atoms with E-state index in [1.54, 1.807) is 0 Å². The Bertz CT molecular complexity index is 3090. The van der Waals surface area contributed by atoms with Gasteiger partial charge in [-0.15, -0.1) is 0 Å². The van der Waals surface area contributed by atoms with E-state index < -0.39 is 20.4 Å². The molecule has 6 aromatic carbocycles. The predicted octanol–water partition coefficient (Wildman–Crippen LogP) is 17.5. The maximum atomic E-state index is 9.25. The number of hydrogen-bond donors (Lipinski definition) is 0. The van der Waals surface area contributed by atoms with Crippen molar-refractivity contribution in [2.75, 3.05) is 0 Å². The van der Waals surface area contributed by atoms with Crippen molar-refractivity contribution in [2.24, 2.45) is 0 Å². The Kier molecular flexibility index (Phi) is 11.2. The van der Waals surface area contributed by atoms with Gasteiger partial charge in [-0.05, 0) is 0 Å². The summed E-state index contributed by atoms with van der Waals surface area (Å²) in [5.74, 6) is 1.73. The summed E-state index contributed by atoms with van der Waals surface area (Å²) in [7, 11) is 18.5. The molecule has 8 aromatic rings. The molecule has 0 fully saturated rings. The first-order valence-electron chi connectivity index (χ1n) is 23.2. The summed E-state index contributed by atoms with van der Waals surface area (Å²) in [5.41, 5.74) is 18.4. The van der Waals surface area contributed by atoms with E-state index in [9.17, 15) is 17.0 Å². The zero-order valence-electron chi connectivity index (χ0n) is 38.3. The molecule has 0 saturated carbocycles. The second kappa shape index (κ2) is 16.5. The van der Waals surface area contributed by atoms with Crippen LogP contribution in [0.3, 0.4) is 0 Å². The standard InChI is InChI=1S/2C28H25O.C2H6Si.2ClH.Zr/c2*1-4-19-12-20(5-2)14-23(13-19)27-18(3)10-11-21-15-24(16-26(21)27)28-25-9-7-6-8-22(25)17-29-28;1-3-2;;;/h2*6-17H,4-5H2,1-3H3;1-2H3;2*1H;/q;;;;;+2/p-2. The molecule has 0 amide bonds. The summed E-state index contributed by atoms with van der Waals surface area (Å²) in [4.78, 5) is 0. The van der Waals surface area contributed by atoms with Crippen molar-refractivity contribution in [1.29, 1.82) is 0 Å². The van der Waals surface area contributed by atoms with Crippen LogP contribution in [-0.2, 0) is 40.7 Å². The zero-order valence-corrected chi connectivity index (χ0v) is 43.2. The van der Waals surface area contributed by atoms with Crippen molar-refractivity contribution >= 4 is 67.3 Å². The molecule has 64 heavy (non-hydrogen) atoms. The molecule has 0 spiro atoms. The second-order valence-corrected chi connectivity index (χ2v) is 57.3. The molecule has 0 saturated heterocycles. The number of halogens is 2. The number of rotatable bonds is 10. The Morgan fingerprint density at radius 3 is 1.25 bits per heavy atom. The van der Waals surface area contributed by atoms with Crippen molar-refractivity contribution in [1.82, 2.24) is 0 Å². The Balaban J connectivity index is 1.31. The first kappa shape index (κ1) is 43.5. The van der Waals surface area contributed by atoms with Gasteiger partial charge >= 0.3 is 390 Å². The van der Waals surface area contributed by atoms with Crippen molar-refractivity contribution in [3.8, 4) is 22.3 Å². The molecule has 2 atom stereocenters. The van der Waals surface area contributed by atoms with Gasteiger partial charge in [0, 0.05) is 0 Å². The number of aryl methyl sites for hydroxylation is 6. The van der Waals surface area contributed by atoms with Gasteiger partial charge in [-0.1, -0.05) is 0 Å². The molecule has 2 heterocycles. The van der Waals surface area contributed by atoms with Crippen LogP contribution < -0.4 is 0 Å². The SMILES string of the molecule is CCc1cc(CC)cc(-c2c(C)ccc3c2C=C(c2occ4ccccc24)[CH]3[Zr]([Cl])([Cl])([CH]2C(c3occ4ccccc34)=Cc3c2ccc(C)c3-c2cc(CC)cc(CC)c2)=[Si](C)C)c1. The minimum absolute atomic E-state index is 0.280. The number of furan rings is 2. The maximum absolute atomic E-state index is 9.25. The van der Waals surface area contributed by atoms with E-state index in [0.29, 0.717) is 0 Å². The monoisotopic (exact) mass is 972 g/mol. The van der Waals surface area contributed by atoms with Gasteiger partial charge in [-0.3, -0.25) is 0 Å². The third kappa shape index (κ3) is 6.72. The molecule has 2 aliphatic carbocycles. The third-order valence-electron chi connectivity index (χ3n) is 14.7. The van der Waals surface area contributed by atoms with Gasteiger partial charge < -0.3 is 0 Å². The van der Waals surface area contributed by atoms with Crippen LogP contribution in [0.15, 0.2) is 131 Å². The van der Waals surface area contributed by atoms with Crippen LogP contribution >= 0.6 is 17.0 Å². The minimum atomic E-state index is -5.59. The van der Waals surface area contributed by atoms with Crippen LogP contribution in [0.4, 0.5) is 0 Å². The van der Waals surface area contributed by atoms with E-state index in [0.717, 1.165) is 69.9 Å². The number of hydrogen-bond acceptors (Lipinski definition) is 2. The molecule has 0 bridgehead atoms. The number of benzene rings is 6. The van der Waals surface area contributed by atoms with E-state index in [4.69, 9.17) is 8.83 Å². The fourth-order valence-corrected chi connectivity index (χ4v) is 38.9. The molecule has 6 heteroatoms. The average molecular weight is 975 g/mol. The summed E-state index contributed by atoms with van der Waals surface area (Å²) >= 11 is -5.59. The quantitative estimate of drug-likeness (QED) is 0.128. The van der Waals surface area contributed by atoms with Crippen molar-refractivity contribution < 1.29 is 23.8 Å². The molecule has 0 radical (unpaired) electrons. The molecule has 322 valence electrons. The van der Waals surface area contributed by atoms with Gasteiger partial charge in [-0.2, -0.15) is 0 Å². The van der Waals surface area contributed by atoms with E-state index >= 15 is 0 Å². The normalized spacial score (nSPS) is 16.0. The molecular weight excluding hydrogens is 919 g/mol. The van der Waals surface area contributed by atoms with Crippen LogP contribution in [0.1, 0.15) is 102 Å². The van der Waals surface area contributed by atoms with Crippen LogP contribution in [-0.4, -0.2) is 5.43 Å². The summed E-state index contributed by atoms with van der Waals surface area (Å²) in [6, 6.07) is 40.7. The third-order valence-corrected chi connectivity index (χ3v) is 60.9. The van der Waals surface area contributed by atoms with E-state index in [2.05, 4.69) is 176 Å². The van der Waals surface area contributed by atoms with Crippen LogP contribution in [0.25, 0.3) is 67.1 Å². The van der Waals surface area contributed by atoms with Gasteiger partial charge in [-0.25, -0.2) is 0 Å². The van der Waals surface area contributed by atoms with Gasteiger partial charge in [0.2, 0.25) is 0 Å². The predicted molar refractivity (Wildman–Crippen MR) is 274 cm³/mol. The van der Waals surface area contributed by atoms with Gasteiger partial charge in [0.1, 0.15) is 0 Å². The molecule has 0 N–H and O–H groups in total. The van der Waals surface area contributed by atoms with Crippen LogP contribution in [0.2, 0.25) is 13.1 Å². The summed E-state index contributed by atoms with van der Waals surface area (Å²) in [6.07, 6.45) is 12.5. The van der Waals surface area contributed by atoms with Crippen molar-refractivity contribution in [2.45, 2.75) is 87.6 Å². The van der Waals surface area contributed by atoms with Gasteiger partial charge in [0.05, 0.1) is 0 Å². The van der Waals surface area contributed by atoms with Gasteiger partial charge in [0.25, 0.3) is 0 Å². The fourth-order valence-electron chi connectivity index (χ4n) is 11.2. The molecule has 2 aromatic heterocycles. The second-order valence-electron chi connectivity index (χ2n) is 18.5. The Morgan fingerprint density at radius 1 is 0.516 bits per heavy atom. The van der Waals surface area contributed by atoms with E-state index in [-0.39, 0.29) is 7.25 Å². The summed E-state index contributed by atoms with van der Waals surface area (Å²) in [6.45, 7) is 18.3. The van der Waals surface area contributed by atoms with Crippen LogP contribution in [0.5, 0.6) is 0 Å². The molecule has 2 unspecified atom stereocenters. The number of fused-ring (bicyclic) bond motifs is 4. The number of allylic oxidation sites excluding steroid dienone is 2. The zero-order chi connectivity index (χ0) is 44.7. The Hall–Kier alpha value is -4.44. The van der Waals surface area contributed by atoms with Crippen molar-refractivity contribution in [3.63, 3.8) is 0 Å². The molecule has 10 rings (SSSR count). The summed E-state index contributed by atoms with van der Waals surface area (Å²) < 4.78 is 13.0. The van der Waals surface area contributed by atoms with E-state index in [1.165, 1.54) is 77.9 Å². The van der Waals surface area contributed by atoms with Crippen molar-refractivity contribution in [3.05, 3.63) is 189 Å². The fraction of sp³-hybridized carbons (Fsp3) is 0.241. The molecule has 0 aliphatic heterocycles. The first-order valence-corrected chi connectivity index (χ1v) is 38.5.